The lowest BCUT2D eigenvalue weighted by atomic mass is 9.49. The number of carbonyl (C=O) groups excluding carboxylic acids is 4. The molecule has 336 valence electrons. The predicted octanol–water partition coefficient (Wildman–Crippen LogP) is 5.33. The number of amides is 4. The molecule has 4 amide bonds. The lowest BCUT2D eigenvalue weighted by Crippen LogP contribution is -2.74. The van der Waals surface area contributed by atoms with E-state index in [1.807, 2.05) is 50.2 Å². The van der Waals surface area contributed by atoms with E-state index in [1.165, 1.54) is 12.1 Å². The van der Waals surface area contributed by atoms with Gasteiger partial charge in [-0.2, -0.15) is 0 Å². The first-order valence-electron chi connectivity index (χ1n) is 21.8. The van der Waals surface area contributed by atoms with Crippen LogP contribution in [0.3, 0.4) is 0 Å². The molecule has 7 rings (SSSR count). The second-order valence-electron chi connectivity index (χ2n) is 18.6. The Labute approximate surface area is 369 Å². The van der Waals surface area contributed by atoms with E-state index in [9.17, 15) is 19.2 Å². The first kappa shape index (κ1) is 45.5. The maximum Gasteiger partial charge on any atom is 0.254 e. The van der Waals surface area contributed by atoms with Crippen LogP contribution in [-0.2, 0) is 19.1 Å². The van der Waals surface area contributed by atoms with Gasteiger partial charge >= 0.3 is 0 Å². The number of nitrogens with zero attached hydrogens (tertiary/aromatic N) is 2. The van der Waals surface area contributed by atoms with Crippen molar-refractivity contribution in [3.05, 3.63) is 88.2 Å². The van der Waals surface area contributed by atoms with Crippen LogP contribution in [0.5, 0.6) is 11.5 Å². The zero-order valence-corrected chi connectivity index (χ0v) is 37.3. The zero-order chi connectivity index (χ0) is 45.2. The van der Waals surface area contributed by atoms with Gasteiger partial charge in [0.2, 0.25) is 11.8 Å². The van der Waals surface area contributed by atoms with Gasteiger partial charge in [-0.05, 0) is 79.9 Å². The van der Waals surface area contributed by atoms with Gasteiger partial charge in [0.15, 0.2) is 0 Å². The van der Waals surface area contributed by atoms with Crippen molar-refractivity contribution >= 4 is 29.3 Å². The van der Waals surface area contributed by atoms with Gasteiger partial charge in [0.05, 0.1) is 24.9 Å². The number of methoxy groups -OCH3 is 1. The fourth-order valence-corrected chi connectivity index (χ4v) is 10.1. The molecule has 63 heavy (non-hydrogen) atoms. The number of terminal acetylenes is 1. The first-order chi connectivity index (χ1) is 30.0. The van der Waals surface area contributed by atoms with Crippen molar-refractivity contribution in [2.45, 2.75) is 104 Å². The smallest absolute Gasteiger partial charge is 0.254 e. The second kappa shape index (κ2) is 18.7. The quantitative estimate of drug-likeness (QED) is 0.135. The van der Waals surface area contributed by atoms with Gasteiger partial charge < -0.3 is 34.5 Å². The van der Waals surface area contributed by atoms with E-state index in [0.717, 1.165) is 47.5 Å². The summed E-state index contributed by atoms with van der Waals surface area (Å²) in [4.78, 5) is 54.5. The highest BCUT2D eigenvalue weighted by Gasteiger charge is 2.64. The maximum absolute atomic E-state index is 15.1. The monoisotopic (exact) mass is 865 g/mol. The van der Waals surface area contributed by atoms with Crippen LogP contribution in [0.2, 0.25) is 0 Å². The molecule has 14 heteroatoms. The molecule has 2 saturated heterocycles. The number of benzene rings is 3. The van der Waals surface area contributed by atoms with E-state index in [1.54, 1.807) is 13.2 Å². The highest BCUT2D eigenvalue weighted by Crippen LogP contribution is 2.55. The van der Waals surface area contributed by atoms with E-state index < -0.39 is 29.6 Å². The van der Waals surface area contributed by atoms with Crippen LogP contribution >= 0.6 is 0 Å². The third-order valence-electron chi connectivity index (χ3n) is 13.3. The van der Waals surface area contributed by atoms with Gasteiger partial charge in [0.25, 0.3) is 11.8 Å². The first-order valence-corrected chi connectivity index (χ1v) is 21.8. The van der Waals surface area contributed by atoms with Crippen molar-refractivity contribution in [1.82, 2.24) is 20.9 Å². The van der Waals surface area contributed by atoms with Crippen LogP contribution in [-0.4, -0.2) is 111 Å². The Kier molecular flexibility index (Phi) is 13.5. The molecule has 0 unspecified atom stereocenters. The largest absolute Gasteiger partial charge is 0.490 e. The van der Waals surface area contributed by atoms with Crippen molar-refractivity contribution in [3.8, 4) is 23.8 Å². The number of ether oxygens (including phenoxy) is 4. The number of rotatable bonds is 15. The lowest BCUT2D eigenvalue weighted by molar-refractivity contribution is -0.164. The Morgan fingerprint density at radius 2 is 1.67 bits per heavy atom. The van der Waals surface area contributed by atoms with Crippen LogP contribution in [0.25, 0.3) is 0 Å². The Hall–Kier alpha value is -5.49. The number of halogens is 1. The van der Waals surface area contributed by atoms with Crippen molar-refractivity contribution < 1.29 is 42.5 Å². The number of morpholine rings is 1. The van der Waals surface area contributed by atoms with E-state index in [2.05, 4.69) is 59.4 Å². The van der Waals surface area contributed by atoms with Gasteiger partial charge in [-0.1, -0.05) is 33.6 Å². The van der Waals surface area contributed by atoms with E-state index in [4.69, 9.17) is 25.4 Å². The average Bonchev–Trinajstić information content (AvgIpc) is 3.22. The standard InChI is InChI=1S/C49H60FN5O8/c1-9-38-29(2)22-35(23-30(38)3)63-47-48(4,5)46(49(47,6)7)53-43(57)31-10-12-32(13-11-31)54-19-21-61-37(27-54)28-55(18-20-60-8)33-24-36(25-33)62-34-14-15-39(40(50)26-34)44(58)51-41-16-17-42(56)52-45(41)59/h1,10-15,22-23,26,33,36-37,41,46-47H,16-21,24-25,27-28H2,2-8H3,(H,51,58)(H,53,57)(H,52,56,59)/t33?,36?,37-,41+,46?,47?/m1/s1. The molecular weight excluding hydrogens is 806 g/mol. The molecule has 4 fully saturated rings. The van der Waals surface area contributed by atoms with Gasteiger partial charge in [-0.3, -0.25) is 29.4 Å². The maximum atomic E-state index is 15.1. The number of hydrogen-bond donors (Lipinski definition) is 3. The van der Waals surface area contributed by atoms with Crippen LogP contribution in [0.1, 0.15) is 90.8 Å². The normalized spacial score (nSPS) is 24.9. The van der Waals surface area contributed by atoms with Crippen molar-refractivity contribution in [3.63, 3.8) is 0 Å². The van der Waals surface area contributed by atoms with Crippen LogP contribution in [0.15, 0.2) is 54.6 Å². The molecule has 3 N–H and O–H groups in total. The van der Waals surface area contributed by atoms with Crippen LogP contribution < -0.4 is 30.3 Å². The van der Waals surface area contributed by atoms with Gasteiger partial charge in [0.1, 0.15) is 35.6 Å². The van der Waals surface area contributed by atoms with Gasteiger partial charge in [-0.15, -0.1) is 6.42 Å². The number of anilines is 1. The average molecular weight is 866 g/mol. The number of aryl methyl sites for hydroxylation is 2. The number of imide groups is 1. The molecular formula is C49H60FN5O8. The Balaban J connectivity index is 0.895. The predicted molar refractivity (Wildman–Crippen MR) is 236 cm³/mol. The van der Waals surface area contributed by atoms with E-state index >= 15 is 4.39 Å². The molecule has 2 atom stereocenters. The summed E-state index contributed by atoms with van der Waals surface area (Å²) in [6.07, 6.45) is 7.11. The molecule has 0 radical (unpaired) electrons. The second-order valence-corrected chi connectivity index (χ2v) is 18.6. The SMILES string of the molecule is C#Cc1c(C)cc(OC2C(C)(C)C(NC(=O)c3ccc(N4CCO[C@@H](CN(CCOC)C5CC(Oc6ccc(C(=O)N[C@H]7CCC(=O)NC7=O)c(F)c6)C5)C4)cc3)C2(C)C)cc1C. The molecule has 4 aliphatic rings. The Morgan fingerprint density at radius 1 is 0.968 bits per heavy atom. The summed E-state index contributed by atoms with van der Waals surface area (Å²) in [5.74, 6) is 1.25. The summed E-state index contributed by atoms with van der Waals surface area (Å²) in [7, 11) is 1.68. The molecule has 3 aromatic rings. The topological polar surface area (TPSA) is 148 Å². The minimum absolute atomic E-state index is 0.0622. The number of piperidine rings is 1. The lowest BCUT2D eigenvalue weighted by Gasteiger charge is -2.63. The summed E-state index contributed by atoms with van der Waals surface area (Å²) in [6.45, 7) is 16.5. The van der Waals surface area contributed by atoms with E-state index in [-0.39, 0.29) is 65.5 Å². The summed E-state index contributed by atoms with van der Waals surface area (Å²) < 4.78 is 39.5. The molecule has 0 bridgehead atoms. The molecule has 3 aromatic carbocycles. The van der Waals surface area contributed by atoms with E-state index in [0.29, 0.717) is 44.2 Å². The molecule has 2 aliphatic carbocycles. The molecule has 2 aliphatic heterocycles. The van der Waals surface area contributed by atoms with Gasteiger partial charge in [0, 0.05) is 98.3 Å². The molecule has 13 nitrogen and oxygen atoms in total. The molecule has 0 aromatic heterocycles. The Morgan fingerprint density at radius 3 is 2.30 bits per heavy atom. The zero-order valence-electron chi connectivity index (χ0n) is 37.3. The minimum atomic E-state index is -0.901. The fourth-order valence-electron chi connectivity index (χ4n) is 10.1. The van der Waals surface area contributed by atoms with Crippen molar-refractivity contribution in [2.75, 3.05) is 51.4 Å². The number of hydrogen-bond acceptors (Lipinski definition) is 10. The third-order valence-corrected chi connectivity index (χ3v) is 13.3. The number of carbonyl (C=O) groups is 4. The van der Waals surface area contributed by atoms with Crippen LogP contribution in [0.4, 0.5) is 10.1 Å². The highest BCUT2D eigenvalue weighted by atomic mass is 19.1. The molecule has 0 spiro atoms. The molecule has 2 heterocycles. The summed E-state index contributed by atoms with van der Waals surface area (Å²) in [6, 6.07) is 15.0. The Bertz CT molecular complexity index is 2210. The summed E-state index contributed by atoms with van der Waals surface area (Å²) in [5.41, 5.74) is 3.66. The summed E-state index contributed by atoms with van der Waals surface area (Å²) in [5, 5.41) is 8.01. The van der Waals surface area contributed by atoms with Crippen molar-refractivity contribution in [2.24, 2.45) is 10.8 Å². The number of nitrogens with one attached hydrogen (secondary N) is 3. The third kappa shape index (κ3) is 9.86. The van der Waals surface area contributed by atoms with Crippen LogP contribution in [0, 0.1) is 42.8 Å². The fraction of sp³-hybridized carbons (Fsp3) is 0.510. The van der Waals surface area contributed by atoms with Gasteiger partial charge in [-0.25, -0.2) is 4.39 Å². The summed E-state index contributed by atoms with van der Waals surface area (Å²) >= 11 is 0. The van der Waals surface area contributed by atoms with Crippen molar-refractivity contribution in [1.29, 1.82) is 0 Å². The molecule has 2 saturated carbocycles. The highest BCUT2D eigenvalue weighted by molar-refractivity contribution is 6.04. The minimum Gasteiger partial charge on any atom is -0.490 e.